The molecule has 0 unspecified atom stereocenters. The predicted octanol–water partition coefficient (Wildman–Crippen LogP) is 2.78. The van der Waals surface area contributed by atoms with E-state index in [1.807, 2.05) is 32.0 Å². The number of nitrogens with one attached hydrogen (secondary N) is 1. The minimum absolute atomic E-state index is 0.270. The first-order valence-electron chi connectivity index (χ1n) is 7.23. The summed E-state index contributed by atoms with van der Waals surface area (Å²) in [5.74, 6) is -1.03. The van der Waals surface area contributed by atoms with Gasteiger partial charge in [0.2, 0.25) is 0 Å². The second-order valence-electron chi connectivity index (χ2n) is 5.70. The Morgan fingerprint density at radius 1 is 0.957 bits per heavy atom. The van der Waals surface area contributed by atoms with Crippen molar-refractivity contribution in [3.05, 3.63) is 64.2 Å². The van der Waals surface area contributed by atoms with Gasteiger partial charge < -0.3 is 5.32 Å². The molecule has 0 radical (unpaired) electrons. The molecule has 1 aliphatic heterocycles. The minimum Gasteiger partial charge on any atom is -0.322 e. The summed E-state index contributed by atoms with van der Waals surface area (Å²) in [4.78, 5) is 37.4. The van der Waals surface area contributed by atoms with Crippen LogP contribution in [0.2, 0.25) is 0 Å². The van der Waals surface area contributed by atoms with E-state index in [9.17, 15) is 14.4 Å². The highest BCUT2D eigenvalue weighted by molar-refractivity contribution is 6.22. The van der Waals surface area contributed by atoms with E-state index in [1.54, 1.807) is 6.07 Å². The zero-order chi connectivity index (χ0) is 16.7. The molecule has 1 heterocycles. The minimum atomic E-state index is -0.383. The highest BCUT2D eigenvalue weighted by Gasteiger charge is 2.33. The molecule has 5 nitrogen and oxygen atoms in total. The van der Waals surface area contributed by atoms with Crippen LogP contribution < -0.4 is 5.32 Å². The number of carbonyl (C=O) groups excluding carboxylic acids is 3. The molecule has 0 saturated carbocycles. The summed E-state index contributed by atoms with van der Waals surface area (Å²) in [5.41, 5.74) is 3.68. The van der Waals surface area contributed by atoms with Crippen molar-refractivity contribution in [2.45, 2.75) is 13.8 Å². The zero-order valence-corrected chi connectivity index (χ0v) is 13.1. The third-order valence-corrected chi connectivity index (χ3v) is 3.99. The standard InChI is InChI=1S/C18H16N2O3/c1-10-4-5-11(2)15(8-10)19-16(21)12-6-7-13-14(9-12)18(23)20(3)17(13)22/h4-9H,1-3H3,(H,19,21). The maximum atomic E-state index is 12.4. The summed E-state index contributed by atoms with van der Waals surface area (Å²) < 4.78 is 0. The van der Waals surface area contributed by atoms with Gasteiger partial charge in [-0.1, -0.05) is 12.1 Å². The second-order valence-corrected chi connectivity index (χ2v) is 5.70. The smallest absolute Gasteiger partial charge is 0.261 e. The molecular weight excluding hydrogens is 292 g/mol. The SMILES string of the molecule is Cc1ccc(C)c(NC(=O)c2ccc3c(c2)C(=O)N(C)C3=O)c1. The summed E-state index contributed by atoms with van der Waals surface area (Å²) in [7, 11) is 1.43. The van der Waals surface area contributed by atoms with Crippen molar-refractivity contribution >= 4 is 23.4 Å². The molecule has 0 spiro atoms. The quantitative estimate of drug-likeness (QED) is 0.868. The van der Waals surface area contributed by atoms with Gasteiger partial charge in [0, 0.05) is 18.3 Å². The summed E-state index contributed by atoms with van der Waals surface area (Å²) in [6.07, 6.45) is 0. The van der Waals surface area contributed by atoms with Crippen LogP contribution in [-0.4, -0.2) is 29.7 Å². The van der Waals surface area contributed by atoms with Crippen molar-refractivity contribution in [1.29, 1.82) is 0 Å². The van der Waals surface area contributed by atoms with E-state index >= 15 is 0 Å². The molecule has 3 amide bonds. The first-order valence-corrected chi connectivity index (χ1v) is 7.23. The molecule has 0 bridgehead atoms. The molecule has 1 aliphatic rings. The number of anilines is 1. The summed E-state index contributed by atoms with van der Waals surface area (Å²) in [6.45, 7) is 3.86. The number of rotatable bonds is 2. The lowest BCUT2D eigenvalue weighted by Gasteiger charge is -2.10. The number of amides is 3. The Labute approximate surface area is 133 Å². The van der Waals surface area contributed by atoms with Crippen molar-refractivity contribution in [2.24, 2.45) is 0 Å². The molecule has 0 aliphatic carbocycles. The Kier molecular flexibility index (Phi) is 3.48. The van der Waals surface area contributed by atoms with Gasteiger partial charge in [0.25, 0.3) is 17.7 Å². The fraction of sp³-hybridized carbons (Fsp3) is 0.167. The maximum Gasteiger partial charge on any atom is 0.261 e. The zero-order valence-electron chi connectivity index (χ0n) is 13.1. The van der Waals surface area contributed by atoms with Crippen LogP contribution in [0.3, 0.4) is 0 Å². The number of aryl methyl sites for hydroxylation is 2. The van der Waals surface area contributed by atoms with Gasteiger partial charge in [-0.2, -0.15) is 0 Å². The fourth-order valence-electron chi connectivity index (χ4n) is 2.57. The number of fused-ring (bicyclic) bond motifs is 1. The van der Waals surface area contributed by atoms with Crippen molar-refractivity contribution in [3.8, 4) is 0 Å². The van der Waals surface area contributed by atoms with Crippen LogP contribution in [0.5, 0.6) is 0 Å². The van der Waals surface area contributed by atoms with Crippen molar-refractivity contribution in [1.82, 2.24) is 4.90 Å². The number of nitrogens with zero attached hydrogens (tertiary/aromatic N) is 1. The van der Waals surface area contributed by atoms with Crippen molar-refractivity contribution in [2.75, 3.05) is 12.4 Å². The number of hydrogen-bond donors (Lipinski definition) is 1. The third kappa shape index (κ3) is 2.50. The number of carbonyl (C=O) groups is 3. The van der Waals surface area contributed by atoms with Crippen molar-refractivity contribution in [3.63, 3.8) is 0 Å². The predicted molar refractivity (Wildman–Crippen MR) is 86.7 cm³/mol. The lowest BCUT2D eigenvalue weighted by atomic mass is 10.0. The average molecular weight is 308 g/mol. The van der Waals surface area contributed by atoms with Crippen LogP contribution in [0.1, 0.15) is 42.2 Å². The molecule has 23 heavy (non-hydrogen) atoms. The van der Waals surface area contributed by atoms with Gasteiger partial charge in [0.1, 0.15) is 0 Å². The lowest BCUT2D eigenvalue weighted by molar-refractivity contribution is 0.0693. The van der Waals surface area contributed by atoms with E-state index in [4.69, 9.17) is 0 Å². The summed E-state index contributed by atoms with van der Waals surface area (Å²) >= 11 is 0. The van der Waals surface area contributed by atoms with Crippen LogP contribution in [-0.2, 0) is 0 Å². The molecule has 116 valence electrons. The molecule has 5 heteroatoms. The van der Waals surface area contributed by atoms with Crippen LogP contribution in [0, 0.1) is 13.8 Å². The molecule has 0 aromatic heterocycles. The van der Waals surface area contributed by atoms with E-state index in [2.05, 4.69) is 5.32 Å². The van der Waals surface area contributed by atoms with E-state index in [1.165, 1.54) is 19.2 Å². The fourth-order valence-corrected chi connectivity index (χ4v) is 2.57. The first-order chi connectivity index (χ1) is 10.9. The number of benzene rings is 2. The summed E-state index contributed by atoms with van der Waals surface area (Å²) in [5, 5.41) is 2.85. The van der Waals surface area contributed by atoms with Crippen LogP contribution in [0.25, 0.3) is 0 Å². The maximum absolute atomic E-state index is 12.4. The molecule has 2 aromatic carbocycles. The molecule has 0 saturated heterocycles. The number of imide groups is 1. The number of hydrogen-bond acceptors (Lipinski definition) is 3. The topological polar surface area (TPSA) is 66.5 Å². The molecule has 0 fully saturated rings. The molecule has 2 aromatic rings. The Bertz CT molecular complexity index is 855. The molecule has 0 atom stereocenters. The normalized spacial score (nSPS) is 13.3. The van der Waals surface area contributed by atoms with Gasteiger partial charge in [0.15, 0.2) is 0 Å². The van der Waals surface area contributed by atoms with E-state index < -0.39 is 0 Å². The summed E-state index contributed by atoms with van der Waals surface area (Å²) in [6, 6.07) is 10.4. The second kappa shape index (κ2) is 5.35. The highest BCUT2D eigenvalue weighted by atomic mass is 16.2. The van der Waals surface area contributed by atoms with Gasteiger partial charge >= 0.3 is 0 Å². The van der Waals surface area contributed by atoms with E-state index in [0.717, 1.165) is 21.7 Å². The largest absolute Gasteiger partial charge is 0.322 e. The van der Waals surface area contributed by atoms with Crippen molar-refractivity contribution < 1.29 is 14.4 Å². The third-order valence-electron chi connectivity index (χ3n) is 3.99. The van der Waals surface area contributed by atoms with Gasteiger partial charge in [0.05, 0.1) is 11.1 Å². The van der Waals surface area contributed by atoms with Crippen LogP contribution >= 0.6 is 0 Å². The van der Waals surface area contributed by atoms with Gasteiger partial charge in [-0.15, -0.1) is 0 Å². The molecular formula is C18H16N2O3. The lowest BCUT2D eigenvalue weighted by Crippen LogP contribution is -2.24. The van der Waals surface area contributed by atoms with Crippen LogP contribution in [0.4, 0.5) is 5.69 Å². The monoisotopic (exact) mass is 308 g/mol. The van der Waals surface area contributed by atoms with E-state index in [-0.39, 0.29) is 23.3 Å². The van der Waals surface area contributed by atoms with Gasteiger partial charge in [-0.3, -0.25) is 19.3 Å². The Hall–Kier alpha value is -2.95. The Balaban J connectivity index is 1.92. The van der Waals surface area contributed by atoms with Gasteiger partial charge in [-0.05, 0) is 49.2 Å². The van der Waals surface area contributed by atoms with Crippen LogP contribution in [0.15, 0.2) is 36.4 Å². The average Bonchev–Trinajstić information content (AvgIpc) is 2.75. The Morgan fingerprint density at radius 3 is 2.39 bits per heavy atom. The first kappa shape index (κ1) is 15.0. The molecule has 3 rings (SSSR count). The van der Waals surface area contributed by atoms with Gasteiger partial charge in [-0.25, -0.2) is 0 Å². The highest BCUT2D eigenvalue weighted by Crippen LogP contribution is 2.24. The van der Waals surface area contributed by atoms with E-state index in [0.29, 0.717) is 11.1 Å². The Morgan fingerprint density at radius 2 is 1.65 bits per heavy atom. The molecule has 1 N–H and O–H groups in total.